The zero-order valence-corrected chi connectivity index (χ0v) is 23.9. The second-order valence-corrected chi connectivity index (χ2v) is 13.2. The molecule has 2 amide bonds. The largest absolute Gasteiger partial charge is 0.504 e. The van der Waals surface area contributed by atoms with Crippen molar-refractivity contribution in [1.82, 2.24) is 9.80 Å². The summed E-state index contributed by atoms with van der Waals surface area (Å²) in [5.74, 6) is 1.59. The van der Waals surface area contributed by atoms with E-state index in [0.717, 1.165) is 69.6 Å². The molecular weight excluding hydrogens is 480 g/mol. The van der Waals surface area contributed by atoms with Gasteiger partial charge in [0.1, 0.15) is 6.29 Å². The van der Waals surface area contributed by atoms with Gasteiger partial charge in [-0.1, -0.05) is 19.9 Å². The number of carbonyl (C=O) groups excluding carboxylic acids is 2. The van der Waals surface area contributed by atoms with E-state index >= 15 is 0 Å². The molecule has 5 fully saturated rings. The fraction of sp³-hybridized carbons (Fsp3) is 0.806. The van der Waals surface area contributed by atoms with Gasteiger partial charge >= 0.3 is 6.03 Å². The van der Waals surface area contributed by atoms with Crippen molar-refractivity contribution in [2.75, 3.05) is 40.5 Å². The Morgan fingerprint density at radius 2 is 1.82 bits per heavy atom. The molecule has 1 aliphatic heterocycles. The maximum Gasteiger partial charge on any atom is 0.320 e. The number of morpholine rings is 1. The van der Waals surface area contributed by atoms with Gasteiger partial charge in [-0.2, -0.15) is 0 Å². The van der Waals surface area contributed by atoms with Crippen LogP contribution >= 0.6 is 0 Å². The van der Waals surface area contributed by atoms with Gasteiger partial charge in [0.2, 0.25) is 0 Å². The van der Waals surface area contributed by atoms with Gasteiger partial charge in [-0.15, -0.1) is 0 Å². The van der Waals surface area contributed by atoms with Crippen LogP contribution in [0, 0.1) is 34.5 Å². The standard InChI is InChI=1S/C31H48N2O5/c1-29-12-9-24(32(3)28(35)33-15-18-38-19-16-33)20-23(29)7-8-27-26(29)10-13-30(2)25(11-14-31(27,30)36)22(21-37-4)6-5-17-34/h5-6,17,21,23-27,36H,7-16,18-20H2,1-4H3/b6-5-,22-21+. The van der Waals surface area contributed by atoms with Crippen LogP contribution in [0.25, 0.3) is 0 Å². The molecule has 5 rings (SSSR count). The molecule has 1 heterocycles. The molecule has 0 aromatic carbocycles. The average molecular weight is 529 g/mol. The zero-order valence-electron chi connectivity index (χ0n) is 23.9. The zero-order chi connectivity index (χ0) is 27.1. The first kappa shape index (κ1) is 27.7. The number of carbonyl (C=O) groups is 2. The molecule has 7 heteroatoms. The Labute approximate surface area is 228 Å². The van der Waals surface area contributed by atoms with E-state index in [1.54, 1.807) is 19.4 Å². The summed E-state index contributed by atoms with van der Waals surface area (Å²) in [4.78, 5) is 28.2. The fourth-order valence-corrected chi connectivity index (χ4v) is 9.75. The maximum atomic E-state index is 13.2. The second-order valence-electron chi connectivity index (χ2n) is 13.2. The van der Waals surface area contributed by atoms with Gasteiger partial charge in [0.05, 0.1) is 32.2 Å². The van der Waals surface area contributed by atoms with Gasteiger partial charge in [0, 0.05) is 31.6 Å². The van der Waals surface area contributed by atoms with Crippen LogP contribution < -0.4 is 0 Å². The van der Waals surface area contributed by atoms with Gasteiger partial charge in [0.25, 0.3) is 0 Å². The highest BCUT2D eigenvalue weighted by Gasteiger charge is 2.67. The van der Waals surface area contributed by atoms with Crippen LogP contribution in [0.3, 0.4) is 0 Å². The highest BCUT2D eigenvalue weighted by atomic mass is 16.5. The summed E-state index contributed by atoms with van der Waals surface area (Å²) in [6.07, 6.45) is 15.3. The quantitative estimate of drug-likeness (QED) is 0.240. The highest BCUT2D eigenvalue weighted by Crippen LogP contribution is 2.70. The fourth-order valence-electron chi connectivity index (χ4n) is 9.75. The molecule has 0 spiro atoms. The molecule has 8 atom stereocenters. The Morgan fingerprint density at radius 3 is 2.53 bits per heavy atom. The number of allylic oxidation sites excluding steroid dienone is 3. The number of hydrogen-bond acceptors (Lipinski definition) is 5. The Bertz CT molecular complexity index is 960. The normalized spacial score (nSPS) is 43.2. The molecule has 0 radical (unpaired) electrons. The third-order valence-corrected chi connectivity index (χ3v) is 12.0. The van der Waals surface area contributed by atoms with Crippen molar-refractivity contribution < 1.29 is 24.2 Å². The summed E-state index contributed by atoms with van der Waals surface area (Å²) < 4.78 is 10.8. The topological polar surface area (TPSA) is 79.3 Å². The van der Waals surface area contributed by atoms with Crippen LogP contribution in [-0.2, 0) is 14.3 Å². The molecule has 38 heavy (non-hydrogen) atoms. The van der Waals surface area contributed by atoms with Crippen LogP contribution in [-0.4, -0.2) is 79.3 Å². The van der Waals surface area contributed by atoms with Crippen LogP contribution in [0.15, 0.2) is 24.0 Å². The molecular formula is C31H48N2O5. The van der Waals surface area contributed by atoms with E-state index in [9.17, 15) is 14.7 Å². The average Bonchev–Trinajstić information content (AvgIpc) is 3.21. The number of amides is 2. The Hall–Kier alpha value is -1.86. The molecule has 4 saturated carbocycles. The van der Waals surface area contributed by atoms with Gasteiger partial charge in [0.15, 0.2) is 0 Å². The first-order valence-electron chi connectivity index (χ1n) is 14.9. The molecule has 4 aliphatic carbocycles. The van der Waals surface area contributed by atoms with Crippen molar-refractivity contribution in [2.45, 2.75) is 83.3 Å². The summed E-state index contributed by atoms with van der Waals surface area (Å²) in [5.41, 5.74) is 0.303. The van der Waals surface area contributed by atoms with Crippen molar-refractivity contribution in [2.24, 2.45) is 34.5 Å². The van der Waals surface area contributed by atoms with E-state index < -0.39 is 5.60 Å². The van der Waals surface area contributed by atoms with Crippen LogP contribution in [0.4, 0.5) is 4.79 Å². The smallest absolute Gasteiger partial charge is 0.320 e. The number of ether oxygens (including phenoxy) is 2. The van der Waals surface area contributed by atoms with E-state index in [2.05, 4.69) is 13.8 Å². The van der Waals surface area contributed by atoms with Crippen molar-refractivity contribution in [1.29, 1.82) is 0 Å². The lowest BCUT2D eigenvalue weighted by atomic mass is 9.43. The monoisotopic (exact) mass is 528 g/mol. The van der Waals surface area contributed by atoms with Crippen molar-refractivity contribution >= 4 is 12.3 Å². The van der Waals surface area contributed by atoms with Crippen LogP contribution in [0.1, 0.15) is 71.6 Å². The van der Waals surface area contributed by atoms with Crippen molar-refractivity contribution in [3.8, 4) is 0 Å². The van der Waals surface area contributed by atoms with Crippen molar-refractivity contribution in [3.05, 3.63) is 24.0 Å². The van der Waals surface area contributed by atoms with Crippen LogP contribution in [0.2, 0.25) is 0 Å². The molecule has 5 aliphatic rings. The minimum atomic E-state index is -0.698. The second kappa shape index (κ2) is 10.6. The van der Waals surface area contributed by atoms with Gasteiger partial charge in [-0.3, -0.25) is 4.79 Å². The number of fused-ring (bicyclic) bond motifs is 5. The first-order valence-corrected chi connectivity index (χ1v) is 14.9. The number of nitrogens with zero attached hydrogens (tertiary/aromatic N) is 2. The summed E-state index contributed by atoms with van der Waals surface area (Å²) in [7, 11) is 3.65. The van der Waals surface area contributed by atoms with E-state index in [1.165, 1.54) is 0 Å². The SMILES string of the molecule is CO/C=C(\C=C/C=O)C1CCC2(O)C3CCC4CC(N(C)C(=O)N5CCOCC5)CCC4(C)C3CCC12C. The Morgan fingerprint density at radius 1 is 1.05 bits per heavy atom. The number of urea groups is 1. The minimum absolute atomic E-state index is 0.152. The Kier molecular flexibility index (Phi) is 7.73. The molecule has 212 valence electrons. The predicted molar refractivity (Wildman–Crippen MR) is 146 cm³/mol. The van der Waals surface area contributed by atoms with Gasteiger partial charge in [-0.05, 0) is 98.5 Å². The van der Waals surface area contributed by atoms with E-state index in [-0.39, 0.29) is 22.8 Å². The van der Waals surface area contributed by atoms with Gasteiger partial charge in [-0.25, -0.2) is 4.79 Å². The lowest BCUT2D eigenvalue weighted by Gasteiger charge is -2.64. The first-order chi connectivity index (χ1) is 18.2. The molecule has 0 aromatic rings. The molecule has 0 aromatic heterocycles. The summed E-state index contributed by atoms with van der Waals surface area (Å²) in [6.45, 7) is 7.42. The maximum absolute atomic E-state index is 13.2. The summed E-state index contributed by atoms with van der Waals surface area (Å²) in [6, 6.07) is 0.443. The van der Waals surface area contributed by atoms with Gasteiger partial charge < -0.3 is 24.4 Å². The molecule has 0 bridgehead atoms. The summed E-state index contributed by atoms with van der Waals surface area (Å²) >= 11 is 0. The molecule has 7 nitrogen and oxygen atoms in total. The molecule has 8 unspecified atom stereocenters. The molecule has 1 saturated heterocycles. The minimum Gasteiger partial charge on any atom is -0.504 e. The number of methoxy groups -OCH3 is 1. The highest BCUT2D eigenvalue weighted by molar-refractivity contribution is 5.74. The number of rotatable bonds is 5. The lowest BCUT2D eigenvalue weighted by Crippen LogP contribution is -2.63. The molecule has 1 N–H and O–H groups in total. The van der Waals surface area contributed by atoms with E-state index in [0.29, 0.717) is 50.1 Å². The predicted octanol–water partition coefficient (Wildman–Crippen LogP) is 4.80. The number of aliphatic hydroxyl groups is 1. The Balaban J connectivity index is 1.32. The van der Waals surface area contributed by atoms with E-state index in [1.807, 2.05) is 22.9 Å². The van der Waals surface area contributed by atoms with E-state index in [4.69, 9.17) is 9.47 Å². The summed E-state index contributed by atoms with van der Waals surface area (Å²) in [5, 5.41) is 12.5. The lowest BCUT2D eigenvalue weighted by molar-refractivity contribution is -0.205. The number of aldehydes is 1. The van der Waals surface area contributed by atoms with Crippen LogP contribution in [0.5, 0.6) is 0 Å². The third kappa shape index (κ3) is 4.32. The number of hydrogen-bond donors (Lipinski definition) is 1. The third-order valence-electron chi connectivity index (χ3n) is 12.0. The van der Waals surface area contributed by atoms with Crippen molar-refractivity contribution in [3.63, 3.8) is 0 Å².